The van der Waals surface area contributed by atoms with E-state index in [9.17, 15) is 0 Å². The summed E-state index contributed by atoms with van der Waals surface area (Å²) in [6, 6.07) is 136. The second-order valence-corrected chi connectivity index (χ2v) is 60.3. The summed E-state index contributed by atoms with van der Waals surface area (Å²) in [6.45, 7) is 33.7. The van der Waals surface area contributed by atoms with Gasteiger partial charge in [-0.2, -0.15) is 0 Å². The average Bonchev–Trinajstić information content (AvgIpc) is 1.54. The zero-order valence-corrected chi connectivity index (χ0v) is 90.7. The van der Waals surface area contributed by atoms with Gasteiger partial charge in [0.25, 0.3) is 0 Å². The van der Waals surface area contributed by atoms with Gasteiger partial charge in [-0.1, -0.05) is 322 Å². The molecular formula is C119H111Ir3N7Si5-6. The smallest absolute Gasteiger partial charge is 0.161 e. The fraction of sp³-hybridized carbons (Fsp3) is 0.143. The largest absolute Gasteiger partial charge is 0.381 e. The van der Waals surface area contributed by atoms with Crippen molar-refractivity contribution in [2.45, 2.75) is 113 Å². The number of para-hydroxylation sites is 1. The summed E-state index contributed by atoms with van der Waals surface area (Å²) >= 11 is 0. The van der Waals surface area contributed by atoms with Crippen molar-refractivity contribution in [3.05, 3.63) is 429 Å². The van der Waals surface area contributed by atoms with Gasteiger partial charge < -0.3 is 34.5 Å². The van der Waals surface area contributed by atoms with Crippen LogP contribution in [-0.4, -0.2) is 74.8 Å². The summed E-state index contributed by atoms with van der Waals surface area (Å²) in [6.07, 6.45) is 11.5. The van der Waals surface area contributed by atoms with E-state index in [0.717, 1.165) is 62.8 Å². The summed E-state index contributed by atoms with van der Waals surface area (Å²) in [5, 5.41) is 15.5. The van der Waals surface area contributed by atoms with Crippen LogP contribution in [0.5, 0.6) is 0 Å². The van der Waals surface area contributed by atoms with Crippen LogP contribution in [0.3, 0.4) is 0 Å². The van der Waals surface area contributed by atoms with E-state index in [1.807, 2.05) is 104 Å². The monoisotopic (exact) mass is 2360 g/mol. The van der Waals surface area contributed by atoms with E-state index in [1.54, 1.807) is 12.1 Å². The van der Waals surface area contributed by atoms with E-state index >= 15 is 0 Å². The molecule has 7 aromatic heterocycles. The number of benzene rings is 12. The van der Waals surface area contributed by atoms with Gasteiger partial charge in [-0.3, -0.25) is 0 Å². The quantitative estimate of drug-likeness (QED) is 0.0845. The summed E-state index contributed by atoms with van der Waals surface area (Å²) in [5.74, 6) is 0. The van der Waals surface area contributed by atoms with Crippen molar-refractivity contribution in [1.29, 1.82) is 0 Å². The Labute approximate surface area is 843 Å². The molecule has 0 saturated carbocycles. The van der Waals surface area contributed by atoms with E-state index in [2.05, 4.69) is 398 Å². The molecule has 3 radical (unpaired) electrons. The number of rotatable bonds is 13. The zero-order valence-electron chi connectivity index (χ0n) is 81.6. The molecule has 7 nitrogen and oxygen atoms in total. The molecule has 0 amide bonds. The summed E-state index contributed by atoms with van der Waals surface area (Å²) in [4.78, 5) is 27.6. The molecule has 19 aromatic rings. The molecule has 0 spiro atoms. The summed E-state index contributed by atoms with van der Waals surface area (Å²) in [7, 11) is -8.61. The number of pyridine rings is 6. The van der Waals surface area contributed by atoms with Crippen LogP contribution in [0.1, 0.15) is 33.3 Å². The van der Waals surface area contributed by atoms with E-state index in [0.29, 0.717) is 11.3 Å². The summed E-state index contributed by atoms with van der Waals surface area (Å²) < 4.78 is 24.4. The molecule has 12 aromatic carbocycles. The predicted octanol–water partition coefficient (Wildman–Crippen LogP) is 24.1. The number of aryl methyl sites for hydroxylation is 5. The Morgan fingerprint density at radius 1 is 0.351 bits per heavy atom. The first-order valence-electron chi connectivity index (χ1n) is 46.6. The first-order valence-corrected chi connectivity index (χ1v) is 60.6. The van der Waals surface area contributed by atoms with Crippen molar-refractivity contribution >= 4 is 109 Å². The number of nitrogens with zero attached hydrogens (tertiary/aromatic N) is 7. The van der Waals surface area contributed by atoms with Crippen molar-refractivity contribution in [2.75, 3.05) is 0 Å². The molecule has 21 rings (SSSR count). The molecule has 15 heteroatoms. The van der Waals surface area contributed by atoms with Crippen LogP contribution < -0.4 is 46.7 Å². The van der Waals surface area contributed by atoms with Gasteiger partial charge in [0.05, 0.1) is 32.3 Å². The molecule has 0 atom stereocenters. The Balaban J connectivity index is 0.000000144. The van der Waals surface area contributed by atoms with Crippen LogP contribution in [0.4, 0.5) is 0 Å². The molecule has 0 saturated heterocycles. The van der Waals surface area contributed by atoms with Crippen LogP contribution in [0.2, 0.25) is 72.0 Å². The Hall–Kier alpha value is -11.6. The van der Waals surface area contributed by atoms with E-state index in [4.69, 9.17) is 19.1 Å². The third-order valence-corrected chi connectivity index (χ3v) is 39.3. The van der Waals surface area contributed by atoms with Gasteiger partial charge in [0.1, 0.15) is 0 Å². The maximum atomic E-state index is 7.33. The zero-order chi connectivity index (χ0) is 94.1. The van der Waals surface area contributed by atoms with Crippen LogP contribution in [0, 0.1) is 64.0 Å². The van der Waals surface area contributed by atoms with Gasteiger partial charge in [-0.05, 0) is 151 Å². The molecule has 2 aliphatic rings. The molecule has 9 heterocycles. The molecule has 0 N–H and O–H groups in total. The molecule has 675 valence electrons. The standard InChI is InChI=1S/C32H28NSi2.C28H28NSi2.C23H25N2Si.3C12H10N.3Ir/c1-34(2,3)27-19-21-30(33-23-27)24-18-20-29-28-16-10-11-17-31(28)35(32(29)22-24,25-12-6-4-7-13-25)26-14-8-5-9-15-26;1-30(2,3)27-19-29-25(18-24(27)20-12-7-6-8-13-20)23-16-11-15-22-21-14-9-10-17-26(21)31(4,5)28(22)23;1-6-25-21-13-8-7-10-17(21)18-11-9-12-19(23(18)25)20-14-16(2)22(15-24-20)26(3,4)5;1-10-6-5-9-13-12(10)11-7-3-2-4-8-11;1-10-7-8-13-12(9-10)11-5-3-2-4-6-11;1-10-7-8-12(13-9-10)11-5-3-2-4-6-11;;;/h4-17,19-23H,1-3H3;6-15,17-19H,1-5H3;7-11,13-15H,6H2,1-5H3;2-7,9H,1H3;2*2-5,7-9H,1H3;;;/q6*-1;;;/i;;;;1D3;;;;. The molecule has 0 fully saturated rings. The third-order valence-electron chi connectivity index (χ3n) is 24.7. The van der Waals surface area contributed by atoms with Gasteiger partial charge in [-0.15, -0.1) is 189 Å². The first kappa shape index (κ1) is 95.5. The van der Waals surface area contributed by atoms with Gasteiger partial charge >= 0.3 is 0 Å². The number of fused-ring (bicyclic) bond motifs is 9. The second kappa shape index (κ2) is 43.8. The van der Waals surface area contributed by atoms with Crippen LogP contribution in [0.15, 0.2) is 371 Å². The topological polar surface area (TPSA) is 82.3 Å². The molecule has 0 aliphatic carbocycles. The van der Waals surface area contributed by atoms with Gasteiger partial charge in [0, 0.05) is 114 Å². The molecule has 0 bridgehead atoms. The first-order chi connectivity index (χ1) is 64.5. The Morgan fingerprint density at radius 2 is 0.896 bits per heavy atom. The van der Waals surface area contributed by atoms with Crippen molar-refractivity contribution in [1.82, 2.24) is 34.5 Å². The average molecular weight is 2360 g/mol. The van der Waals surface area contributed by atoms with E-state index < -0.39 is 47.2 Å². The van der Waals surface area contributed by atoms with E-state index in [-0.39, 0.29) is 60.3 Å². The molecular weight excluding hydrogens is 2240 g/mol. The van der Waals surface area contributed by atoms with Crippen molar-refractivity contribution in [3.8, 4) is 101 Å². The maximum Gasteiger partial charge on any atom is 0.161 e. The minimum Gasteiger partial charge on any atom is -0.381 e. The number of hydrogen-bond donors (Lipinski definition) is 0. The number of aromatic nitrogens is 7. The van der Waals surface area contributed by atoms with E-state index in [1.165, 1.54) is 136 Å². The van der Waals surface area contributed by atoms with Crippen LogP contribution >= 0.6 is 0 Å². The minimum absolute atomic E-state index is 0. The molecule has 0 unspecified atom stereocenters. The minimum atomic E-state index is -2.47. The van der Waals surface area contributed by atoms with Crippen molar-refractivity contribution < 1.29 is 64.4 Å². The van der Waals surface area contributed by atoms with Gasteiger partial charge in [-0.25, -0.2) is 0 Å². The summed E-state index contributed by atoms with van der Waals surface area (Å²) in [5.41, 5.74) is 26.5. The molecule has 2 aliphatic heterocycles. The van der Waals surface area contributed by atoms with Crippen LogP contribution in [0.25, 0.3) is 123 Å². The maximum absolute atomic E-state index is 7.33. The fourth-order valence-electron chi connectivity index (χ4n) is 18.2. The SMILES string of the molecule is CCn1c2ccccc2c2cc[c-]c(-c3cc(C)c([Si](C)(C)C)cn3)c21.C[Si](C)(C)c1ccc(-c2[c-]cc3c(c2)[Si](c2ccccc2)(c2ccccc2)c2ccccc2-3)nc1.C[Si](C)(C)c1cnc(-c2[c-]ccc3c2[Si](C)(C)c2ccccc2-3)cc1-c1ccccc1.Cc1ccc(-c2[c-]cccc2)nc1.Cc1cccnc1-c1[c-]cccc1.[2H]C([2H])([2H])c1ccnc(-c2[c-]cccc2)c1.[Ir].[Ir].[Ir]. The van der Waals surface area contributed by atoms with Crippen LogP contribution in [-0.2, 0) is 66.9 Å². The van der Waals surface area contributed by atoms with Crippen molar-refractivity contribution in [2.24, 2.45) is 0 Å². The van der Waals surface area contributed by atoms with Crippen molar-refractivity contribution in [3.63, 3.8) is 0 Å². The third kappa shape index (κ3) is 21.7. The number of hydrogen-bond acceptors (Lipinski definition) is 6. The van der Waals surface area contributed by atoms with Gasteiger partial charge in [0.2, 0.25) is 0 Å². The Bertz CT molecular complexity index is 7290. The van der Waals surface area contributed by atoms with Gasteiger partial charge in [0.15, 0.2) is 8.07 Å². The second-order valence-electron chi connectivity index (χ2n) is 37.1. The fourth-order valence-corrected chi connectivity index (χ4v) is 31.0. The molecule has 134 heavy (non-hydrogen) atoms. The Kier molecular flexibility index (Phi) is 31.2. The predicted molar refractivity (Wildman–Crippen MR) is 568 cm³/mol. The normalized spacial score (nSPS) is 12.6. The Morgan fingerprint density at radius 3 is 1.49 bits per heavy atom.